The van der Waals surface area contributed by atoms with Gasteiger partial charge in [0.2, 0.25) is 10.0 Å². The maximum Gasteiger partial charge on any atom is 0.314 e. The van der Waals surface area contributed by atoms with Crippen molar-refractivity contribution in [1.82, 2.24) is 14.9 Å². The number of aliphatic hydroxyl groups is 1. The molecule has 0 aromatic heterocycles. The van der Waals surface area contributed by atoms with Gasteiger partial charge in [0.15, 0.2) is 0 Å². The van der Waals surface area contributed by atoms with Gasteiger partial charge in [0.25, 0.3) is 0 Å². The largest absolute Gasteiger partial charge is 0.390 e. The van der Waals surface area contributed by atoms with Crippen molar-refractivity contribution in [2.45, 2.75) is 38.2 Å². The van der Waals surface area contributed by atoms with Crippen molar-refractivity contribution < 1.29 is 18.3 Å². The lowest BCUT2D eigenvalue weighted by Crippen LogP contribution is -2.54. The number of urea groups is 1. The minimum atomic E-state index is -3.08. The maximum absolute atomic E-state index is 11.6. The average molecular weight is 319 g/mol. The van der Waals surface area contributed by atoms with Gasteiger partial charge in [0.05, 0.1) is 11.4 Å². The lowest BCUT2D eigenvalue weighted by molar-refractivity contribution is -0.0389. The summed E-state index contributed by atoms with van der Waals surface area (Å²) in [5.74, 6) is 0.309. The van der Waals surface area contributed by atoms with Crippen molar-refractivity contribution in [3.63, 3.8) is 0 Å². The van der Waals surface area contributed by atoms with Crippen LogP contribution in [0.3, 0.4) is 0 Å². The molecular formula is C13H25N3O4S. The van der Waals surface area contributed by atoms with Crippen molar-refractivity contribution in [2.24, 2.45) is 5.92 Å². The first-order chi connectivity index (χ1) is 9.85. The summed E-state index contributed by atoms with van der Waals surface area (Å²) in [4.78, 5) is 11.6. The number of hydrogen-bond donors (Lipinski definition) is 3. The first kappa shape index (κ1) is 16.5. The minimum absolute atomic E-state index is 0.122. The number of sulfonamides is 1. The Morgan fingerprint density at radius 3 is 2.52 bits per heavy atom. The van der Waals surface area contributed by atoms with Crippen LogP contribution in [-0.2, 0) is 10.0 Å². The Hall–Kier alpha value is -0.860. The fourth-order valence-corrected chi connectivity index (χ4v) is 3.85. The molecule has 0 aromatic rings. The second-order valence-electron chi connectivity index (χ2n) is 6.05. The summed E-state index contributed by atoms with van der Waals surface area (Å²) in [6.45, 7) is 3.53. The first-order valence-corrected chi connectivity index (χ1v) is 9.17. The van der Waals surface area contributed by atoms with Gasteiger partial charge in [0.1, 0.15) is 0 Å². The Kier molecular flexibility index (Phi) is 5.11. The molecular weight excluding hydrogens is 294 g/mol. The summed E-state index contributed by atoms with van der Waals surface area (Å²) in [6.07, 6.45) is 3.29. The molecule has 2 fully saturated rings. The lowest BCUT2D eigenvalue weighted by atomic mass is 9.78. The van der Waals surface area contributed by atoms with E-state index in [1.165, 1.54) is 4.31 Å². The van der Waals surface area contributed by atoms with Crippen molar-refractivity contribution in [3.05, 3.63) is 0 Å². The molecule has 0 unspecified atom stereocenters. The molecule has 122 valence electrons. The van der Waals surface area contributed by atoms with Gasteiger partial charge in [-0.05, 0) is 32.6 Å². The number of hydrogen-bond acceptors (Lipinski definition) is 4. The van der Waals surface area contributed by atoms with Crippen LogP contribution in [-0.4, -0.2) is 61.4 Å². The molecule has 2 rings (SSSR count). The molecule has 0 atom stereocenters. The van der Waals surface area contributed by atoms with Gasteiger partial charge in [0, 0.05) is 32.1 Å². The zero-order valence-electron chi connectivity index (χ0n) is 12.5. The van der Waals surface area contributed by atoms with Gasteiger partial charge in [-0.25, -0.2) is 17.5 Å². The van der Waals surface area contributed by atoms with E-state index >= 15 is 0 Å². The highest BCUT2D eigenvalue weighted by Gasteiger charge is 2.35. The highest BCUT2D eigenvalue weighted by Crippen LogP contribution is 2.33. The zero-order valence-corrected chi connectivity index (χ0v) is 13.3. The van der Waals surface area contributed by atoms with Crippen LogP contribution in [0, 0.1) is 5.92 Å². The monoisotopic (exact) mass is 319 g/mol. The van der Waals surface area contributed by atoms with E-state index in [1.807, 2.05) is 0 Å². The summed E-state index contributed by atoms with van der Waals surface area (Å²) in [7, 11) is -3.08. The van der Waals surface area contributed by atoms with E-state index in [9.17, 15) is 18.3 Å². The predicted molar refractivity (Wildman–Crippen MR) is 79.3 cm³/mol. The Morgan fingerprint density at radius 2 is 2.00 bits per heavy atom. The fourth-order valence-electron chi connectivity index (χ4n) is 2.60. The molecule has 2 aliphatic rings. The van der Waals surface area contributed by atoms with Crippen LogP contribution in [0.1, 0.15) is 32.6 Å². The first-order valence-electron chi connectivity index (χ1n) is 7.56. The molecule has 1 saturated heterocycles. The third-order valence-electron chi connectivity index (χ3n) is 4.39. The van der Waals surface area contributed by atoms with Crippen molar-refractivity contribution in [1.29, 1.82) is 0 Å². The summed E-state index contributed by atoms with van der Waals surface area (Å²) in [6, 6.07) is -0.255. The predicted octanol–water partition coefficient (Wildman–Crippen LogP) is -0.128. The fraction of sp³-hybridized carbons (Fsp3) is 0.923. The van der Waals surface area contributed by atoms with Gasteiger partial charge in [-0.1, -0.05) is 0 Å². The van der Waals surface area contributed by atoms with Gasteiger partial charge in [-0.2, -0.15) is 0 Å². The SMILES string of the molecule is CCS(=O)(=O)N1CC(CNC(=O)NCCC2(O)CCC2)C1. The zero-order chi connectivity index (χ0) is 15.5. The molecule has 0 aromatic carbocycles. The molecule has 7 nitrogen and oxygen atoms in total. The second-order valence-corrected chi connectivity index (χ2v) is 8.31. The quantitative estimate of drug-likeness (QED) is 0.609. The number of carbonyl (C=O) groups is 1. The molecule has 8 heteroatoms. The molecule has 0 spiro atoms. The molecule has 0 radical (unpaired) electrons. The Balaban J connectivity index is 1.54. The number of amides is 2. The van der Waals surface area contributed by atoms with Gasteiger partial charge in [-0.3, -0.25) is 0 Å². The highest BCUT2D eigenvalue weighted by atomic mass is 32.2. The van der Waals surface area contributed by atoms with Crippen LogP contribution in [0.25, 0.3) is 0 Å². The summed E-state index contributed by atoms with van der Waals surface area (Å²) >= 11 is 0. The number of carbonyl (C=O) groups excluding carboxylic acids is 1. The molecule has 1 heterocycles. The number of nitrogens with one attached hydrogen (secondary N) is 2. The smallest absolute Gasteiger partial charge is 0.314 e. The normalized spacial score (nSPS) is 22.2. The van der Waals surface area contributed by atoms with Crippen LogP contribution in [0.2, 0.25) is 0 Å². The molecule has 0 bridgehead atoms. The maximum atomic E-state index is 11.6. The van der Waals surface area contributed by atoms with Gasteiger partial charge >= 0.3 is 6.03 Å². The van der Waals surface area contributed by atoms with E-state index in [2.05, 4.69) is 10.6 Å². The van der Waals surface area contributed by atoms with Crippen LogP contribution in [0.5, 0.6) is 0 Å². The summed E-state index contributed by atoms with van der Waals surface area (Å²) < 4.78 is 24.5. The third kappa shape index (κ3) is 4.31. The van der Waals surface area contributed by atoms with Crippen LogP contribution in [0.4, 0.5) is 4.79 Å². The third-order valence-corrected chi connectivity index (χ3v) is 6.21. The van der Waals surface area contributed by atoms with Crippen molar-refractivity contribution in [2.75, 3.05) is 31.9 Å². The molecule has 1 aliphatic heterocycles. The van der Waals surface area contributed by atoms with Crippen LogP contribution in [0.15, 0.2) is 0 Å². The lowest BCUT2D eigenvalue weighted by Gasteiger charge is -2.38. The summed E-state index contributed by atoms with van der Waals surface area (Å²) in [5, 5.41) is 15.3. The van der Waals surface area contributed by atoms with Crippen LogP contribution < -0.4 is 10.6 Å². The van der Waals surface area contributed by atoms with Gasteiger partial charge < -0.3 is 15.7 Å². The topological polar surface area (TPSA) is 98.7 Å². The molecule has 21 heavy (non-hydrogen) atoms. The molecule has 1 aliphatic carbocycles. The highest BCUT2D eigenvalue weighted by molar-refractivity contribution is 7.89. The molecule has 3 N–H and O–H groups in total. The van der Waals surface area contributed by atoms with E-state index in [-0.39, 0.29) is 17.7 Å². The van der Waals surface area contributed by atoms with E-state index in [4.69, 9.17) is 0 Å². The van der Waals surface area contributed by atoms with E-state index in [0.717, 1.165) is 19.3 Å². The van der Waals surface area contributed by atoms with Crippen LogP contribution >= 0.6 is 0 Å². The Morgan fingerprint density at radius 1 is 1.33 bits per heavy atom. The number of nitrogens with zero attached hydrogens (tertiary/aromatic N) is 1. The summed E-state index contributed by atoms with van der Waals surface area (Å²) in [5.41, 5.74) is -0.573. The Bertz CT molecular complexity index is 470. The van der Waals surface area contributed by atoms with E-state index < -0.39 is 15.6 Å². The Labute approximate surface area is 126 Å². The van der Waals surface area contributed by atoms with Crippen molar-refractivity contribution in [3.8, 4) is 0 Å². The van der Waals surface area contributed by atoms with E-state index in [0.29, 0.717) is 32.6 Å². The molecule has 1 saturated carbocycles. The average Bonchev–Trinajstić information content (AvgIpc) is 2.34. The number of rotatable bonds is 7. The van der Waals surface area contributed by atoms with Crippen molar-refractivity contribution >= 4 is 16.1 Å². The molecule has 2 amide bonds. The van der Waals surface area contributed by atoms with E-state index in [1.54, 1.807) is 6.92 Å². The standard InChI is InChI=1S/C13H25N3O4S/c1-2-21(19,20)16-9-11(10-16)8-15-12(17)14-7-6-13(18)4-3-5-13/h11,18H,2-10H2,1H3,(H2,14,15,17). The van der Waals surface area contributed by atoms with Gasteiger partial charge in [-0.15, -0.1) is 0 Å². The second kappa shape index (κ2) is 6.50. The minimum Gasteiger partial charge on any atom is -0.390 e.